The summed E-state index contributed by atoms with van der Waals surface area (Å²) >= 11 is 0. The Balaban J connectivity index is 1.97. The predicted molar refractivity (Wildman–Crippen MR) is 76.8 cm³/mol. The first-order chi connectivity index (χ1) is 9.22. The fraction of sp³-hybridized carbons (Fsp3) is 0.600. The average molecular weight is 261 g/mol. The molecule has 1 amide bonds. The molecular weight excluding hydrogens is 238 g/mol. The molecule has 104 valence electrons. The molecule has 0 aliphatic carbocycles. The second-order valence-electron chi connectivity index (χ2n) is 5.20. The molecule has 0 radical (unpaired) electrons. The van der Waals surface area contributed by atoms with Gasteiger partial charge in [-0.25, -0.2) is 0 Å². The van der Waals surface area contributed by atoms with Gasteiger partial charge in [-0.15, -0.1) is 0 Å². The maximum atomic E-state index is 12.0. The Labute approximate surface area is 115 Å². The van der Waals surface area contributed by atoms with Gasteiger partial charge in [0, 0.05) is 31.4 Å². The zero-order valence-electron chi connectivity index (χ0n) is 11.9. The van der Waals surface area contributed by atoms with Crippen LogP contribution >= 0.6 is 0 Å². The Morgan fingerprint density at radius 1 is 1.47 bits per heavy atom. The second-order valence-corrected chi connectivity index (χ2v) is 5.20. The van der Waals surface area contributed by atoms with Crippen LogP contribution in [0.15, 0.2) is 18.3 Å². The van der Waals surface area contributed by atoms with Crippen molar-refractivity contribution in [2.45, 2.75) is 39.7 Å². The van der Waals surface area contributed by atoms with Gasteiger partial charge in [0.15, 0.2) is 0 Å². The molecule has 2 heterocycles. The van der Waals surface area contributed by atoms with E-state index in [1.165, 1.54) is 0 Å². The summed E-state index contributed by atoms with van der Waals surface area (Å²) in [6.07, 6.45) is 4.81. The molecule has 1 fully saturated rings. The number of hydrogen-bond acceptors (Lipinski definition) is 3. The van der Waals surface area contributed by atoms with E-state index >= 15 is 0 Å². The molecule has 1 atom stereocenters. The van der Waals surface area contributed by atoms with Crippen LogP contribution in [0.25, 0.3) is 0 Å². The van der Waals surface area contributed by atoms with E-state index in [1.54, 1.807) is 6.20 Å². The van der Waals surface area contributed by atoms with Crippen molar-refractivity contribution in [3.63, 3.8) is 0 Å². The summed E-state index contributed by atoms with van der Waals surface area (Å²) in [6.45, 7) is 6.66. The molecule has 1 unspecified atom stereocenters. The molecule has 2 rings (SSSR count). The molecule has 1 N–H and O–H groups in total. The van der Waals surface area contributed by atoms with Gasteiger partial charge >= 0.3 is 0 Å². The lowest BCUT2D eigenvalue weighted by atomic mass is 10.0. The summed E-state index contributed by atoms with van der Waals surface area (Å²) in [7, 11) is 0. The number of amides is 1. The zero-order chi connectivity index (χ0) is 13.7. The van der Waals surface area contributed by atoms with Gasteiger partial charge < -0.3 is 10.2 Å². The van der Waals surface area contributed by atoms with Crippen molar-refractivity contribution in [1.82, 2.24) is 9.88 Å². The summed E-state index contributed by atoms with van der Waals surface area (Å²) in [5.41, 5.74) is 2.04. The van der Waals surface area contributed by atoms with E-state index in [4.69, 9.17) is 0 Å². The van der Waals surface area contributed by atoms with Gasteiger partial charge in [0.25, 0.3) is 0 Å². The van der Waals surface area contributed by atoms with E-state index < -0.39 is 0 Å². The van der Waals surface area contributed by atoms with Gasteiger partial charge in [-0.2, -0.15) is 0 Å². The Morgan fingerprint density at radius 2 is 2.32 bits per heavy atom. The number of anilines is 1. The third-order valence-corrected chi connectivity index (χ3v) is 3.54. The minimum absolute atomic E-state index is 0.272. The number of carbonyl (C=O) groups excluding carboxylic acids is 1. The second kappa shape index (κ2) is 6.55. The molecule has 1 aromatic rings. The van der Waals surface area contributed by atoms with Crippen LogP contribution in [-0.2, 0) is 11.3 Å². The summed E-state index contributed by atoms with van der Waals surface area (Å²) in [5.74, 6) is 0.809. The fourth-order valence-corrected chi connectivity index (χ4v) is 2.68. The lowest BCUT2D eigenvalue weighted by Crippen LogP contribution is -2.25. The standard InChI is InChI=1S/C15H23N3O/c1-3-5-12-8-15(19)18(10-12)11-14-9-13(16-4-2)6-7-17-14/h6-7,9,12H,3-5,8,10-11H2,1-2H3,(H,16,17). The molecule has 1 aromatic heterocycles. The summed E-state index contributed by atoms with van der Waals surface area (Å²) in [5, 5.41) is 3.27. The van der Waals surface area contributed by atoms with E-state index in [0.29, 0.717) is 18.9 Å². The maximum absolute atomic E-state index is 12.0. The van der Waals surface area contributed by atoms with Crippen LogP contribution < -0.4 is 5.32 Å². The number of carbonyl (C=O) groups is 1. The monoisotopic (exact) mass is 261 g/mol. The third kappa shape index (κ3) is 3.69. The molecule has 0 spiro atoms. The summed E-state index contributed by atoms with van der Waals surface area (Å²) in [6, 6.07) is 3.99. The number of nitrogens with one attached hydrogen (secondary N) is 1. The van der Waals surface area contributed by atoms with Gasteiger partial charge in [-0.1, -0.05) is 13.3 Å². The molecule has 0 bridgehead atoms. The molecule has 1 aliphatic heterocycles. The van der Waals surface area contributed by atoms with Crippen molar-refractivity contribution in [2.75, 3.05) is 18.4 Å². The molecule has 1 aliphatic rings. The Morgan fingerprint density at radius 3 is 3.05 bits per heavy atom. The molecule has 4 heteroatoms. The Bertz CT molecular complexity index is 433. The average Bonchev–Trinajstić information content (AvgIpc) is 2.71. The lowest BCUT2D eigenvalue weighted by Gasteiger charge is -2.16. The third-order valence-electron chi connectivity index (χ3n) is 3.54. The highest BCUT2D eigenvalue weighted by Gasteiger charge is 2.28. The number of hydrogen-bond donors (Lipinski definition) is 1. The topological polar surface area (TPSA) is 45.2 Å². The van der Waals surface area contributed by atoms with Crippen LogP contribution in [-0.4, -0.2) is 28.9 Å². The smallest absolute Gasteiger partial charge is 0.223 e. The van der Waals surface area contributed by atoms with Crippen molar-refractivity contribution in [2.24, 2.45) is 5.92 Å². The zero-order valence-corrected chi connectivity index (χ0v) is 11.9. The Kier molecular flexibility index (Phi) is 4.77. The van der Waals surface area contributed by atoms with Gasteiger partial charge in [0.2, 0.25) is 5.91 Å². The van der Waals surface area contributed by atoms with Crippen LogP contribution in [0.2, 0.25) is 0 Å². The first kappa shape index (κ1) is 13.8. The van der Waals surface area contributed by atoms with E-state index in [9.17, 15) is 4.79 Å². The largest absolute Gasteiger partial charge is 0.385 e. The van der Waals surface area contributed by atoms with Crippen LogP contribution in [0, 0.1) is 5.92 Å². The highest BCUT2D eigenvalue weighted by atomic mass is 16.2. The van der Waals surface area contributed by atoms with Gasteiger partial charge in [-0.05, 0) is 31.4 Å². The van der Waals surface area contributed by atoms with Crippen LogP contribution in [0.5, 0.6) is 0 Å². The SMILES string of the molecule is CCCC1CC(=O)N(Cc2cc(NCC)ccn2)C1. The molecular formula is C15H23N3O. The number of pyridine rings is 1. The van der Waals surface area contributed by atoms with Crippen molar-refractivity contribution in [3.05, 3.63) is 24.0 Å². The first-order valence-corrected chi connectivity index (χ1v) is 7.19. The minimum atomic E-state index is 0.272. The number of likely N-dealkylation sites (tertiary alicyclic amines) is 1. The lowest BCUT2D eigenvalue weighted by molar-refractivity contribution is -0.128. The van der Waals surface area contributed by atoms with Crippen LogP contribution in [0.3, 0.4) is 0 Å². The van der Waals surface area contributed by atoms with E-state index in [2.05, 4.69) is 24.1 Å². The number of rotatable bonds is 6. The van der Waals surface area contributed by atoms with E-state index in [1.807, 2.05) is 17.0 Å². The molecule has 0 aromatic carbocycles. The van der Waals surface area contributed by atoms with Gasteiger partial charge in [0.1, 0.15) is 0 Å². The summed E-state index contributed by atoms with van der Waals surface area (Å²) in [4.78, 5) is 18.3. The highest BCUT2D eigenvalue weighted by Crippen LogP contribution is 2.23. The van der Waals surface area contributed by atoms with Gasteiger partial charge in [0.05, 0.1) is 12.2 Å². The van der Waals surface area contributed by atoms with E-state index in [-0.39, 0.29) is 5.91 Å². The first-order valence-electron chi connectivity index (χ1n) is 7.19. The van der Waals surface area contributed by atoms with Crippen LogP contribution in [0.4, 0.5) is 5.69 Å². The maximum Gasteiger partial charge on any atom is 0.223 e. The molecule has 0 saturated carbocycles. The molecule has 4 nitrogen and oxygen atoms in total. The fourth-order valence-electron chi connectivity index (χ4n) is 2.68. The van der Waals surface area contributed by atoms with Crippen molar-refractivity contribution in [1.29, 1.82) is 0 Å². The summed E-state index contributed by atoms with van der Waals surface area (Å²) < 4.78 is 0. The van der Waals surface area contributed by atoms with E-state index in [0.717, 1.165) is 37.3 Å². The number of aromatic nitrogens is 1. The highest BCUT2D eigenvalue weighted by molar-refractivity contribution is 5.78. The quantitative estimate of drug-likeness (QED) is 0.856. The van der Waals surface area contributed by atoms with Crippen LogP contribution in [0.1, 0.15) is 38.8 Å². The van der Waals surface area contributed by atoms with Crippen molar-refractivity contribution < 1.29 is 4.79 Å². The number of nitrogens with zero attached hydrogens (tertiary/aromatic N) is 2. The van der Waals surface area contributed by atoms with Gasteiger partial charge in [-0.3, -0.25) is 9.78 Å². The Hall–Kier alpha value is -1.58. The van der Waals surface area contributed by atoms with Crippen molar-refractivity contribution >= 4 is 11.6 Å². The minimum Gasteiger partial charge on any atom is -0.385 e. The molecule has 1 saturated heterocycles. The predicted octanol–water partition coefficient (Wildman–Crippen LogP) is 2.66. The normalized spacial score (nSPS) is 18.9. The molecule has 19 heavy (non-hydrogen) atoms. The van der Waals surface area contributed by atoms with Crippen molar-refractivity contribution in [3.8, 4) is 0 Å².